The summed E-state index contributed by atoms with van der Waals surface area (Å²) in [6, 6.07) is 50.6. The molecule has 0 saturated heterocycles. The second-order valence-electron chi connectivity index (χ2n) is 13.2. The molecule has 0 unspecified atom stereocenters. The molecule has 10 rings (SSSR count). The van der Waals surface area contributed by atoms with E-state index in [4.69, 9.17) is 19.9 Å². The minimum absolute atomic E-state index is 0.266. The molecule has 0 saturated carbocycles. The van der Waals surface area contributed by atoms with Crippen molar-refractivity contribution in [1.29, 1.82) is 0 Å². The number of hydrogen-bond acceptors (Lipinski definition) is 4. The van der Waals surface area contributed by atoms with Crippen LogP contribution in [0.2, 0.25) is 0 Å². The molecule has 6 nitrogen and oxygen atoms in total. The fourth-order valence-corrected chi connectivity index (χ4v) is 7.50. The number of para-hydroxylation sites is 3. The van der Waals surface area contributed by atoms with E-state index in [9.17, 15) is 0 Å². The summed E-state index contributed by atoms with van der Waals surface area (Å²) in [5.74, 6) is 3.01. The highest BCUT2D eigenvalue weighted by atomic mass is 15.1. The third-order valence-electron chi connectivity index (χ3n) is 9.89. The predicted molar refractivity (Wildman–Crippen MR) is 197 cm³/mol. The Morgan fingerprint density at radius 1 is 0.449 bits per heavy atom. The maximum Gasteiger partial charge on any atom is 0.164 e. The normalized spacial score (nSPS) is 13.3. The first-order chi connectivity index (χ1) is 24.0. The van der Waals surface area contributed by atoms with E-state index in [1.54, 1.807) is 0 Å². The quantitative estimate of drug-likeness (QED) is 0.194. The fourth-order valence-electron chi connectivity index (χ4n) is 7.50. The van der Waals surface area contributed by atoms with Gasteiger partial charge in [0.1, 0.15) is 5.82 Å². The van der Waals surface area contributed by atoms with Crippen LogP contribution >= 0.6 is 0 Å². The Balaban J connectivity index is 1.19. The Labute approximate surface area is 283 Å². The first-order valence-corrected chi connectivity index (χ1v) is 16.6. The van der Waals surface area contributed by atoms with Crippen LogP contribution in [0.1, 0.15) is 25.2 Å². The van der Waals surface area contributed by atoms with Gasteiger partial charge in [0.25, 0.3) is 0 Å². The van der Waals surface area contributed by atoms with E-state index in [-0.39, 0.29) is 5.41 Å². The van der Waals surface area contributed by atoms with Gasteiger partial charge in [-0.2, -0.15) is 0 Å². The van der Waals surface area contributed by atoms with Crippen molar-refractivity contribution >= 4 is 32.8 Å². The van der Waals surface area contributed by atoms with Gasteiger partial charge in [-0.05, 0) is 61.9 Å². The van der Waals surface area contributed by atoms with Gasteiger partial charge in [0, 0.05) is 33.2 Å². The van der Waals surface area contributed by atoms with E-state index < -0.39 is 0 Å². The Hall–Kier alpha value is -6.40. The minimum Gasteiger partial charge on any atom is -0.309 e. The molecule has 0 radical (unpaired) electrons. The number of aromatic nitrogens is 6. The highest BCUT2D eigenvalue weighted by molar-refractivity contribution is 6.10. The van der Waals surface area contributed by atoms with Crippen LogP contribution in [-0.2, 0) is 5.41 Å². The molecule has 0 amide bonds. The zero-order chi connectivity index (χ0) is 32.7. The number of benzene rings is 6. The van der Waals surface area contributed by atoms with Gasteiger partial charge in [-0.3, -0.25) is 4.57 Å². The summed E-state index contributed by atoms with van der Waals surface area (Å²) in [4.78, 5) is 20.0. The number of fused-ring (bicyclic) bond motifs is 8. The molecule has 0 bridgehead atoms. The van der Waals surface area contributed by atoms with E-state index >= 15 is 0 Å². The van der Waals surface area contributed by atoms with Crippen LogP contribution in [0.5, 0.6) is 0 Å². The van der Waals surface area contributed by atoms with Gasteiger partial charge in [-0.15, -0.1) is 0 Å². The molecule has 0 fully saturated rings. The zero-order valence-electron chi connectivity index (χ0n) is 27.0. The Kier molecular flexibility index (Phi) is 5.82. The molecule has 6 heteroatoms. The maximum absolute atomic E-state index is 5.12. The van der Waals surface area contributed by atoms with Crippen LogP contribution < -0.4 is 0 Å². The highest BCUT2D eigenvalue weighted by Gasteiger charge is 2.39. The third-order valence-corrected chi connectivity index (χ3v) is 9.89. The minimum atomic E-state index is -0.266. The Morgan fingerprint density at radius 2 is 1.04 bits per heavy atom. The highest BCUT2D eigenvalue weighted by Crippen LogP contribution is 2.47. The Morgan fingerprint density at radius 3 is 1.76 bits per heavy atom. The van der Waals surface area contributed by atoms with Gasteiger partial charge >= 0.3 is 0 Å². The third kappa shape index (κ3) is 4.14. The summed E-state index contributed by atoms with van der Waals surface area (Å²) in [5.41, 5.74) is 10.6. The molecule has 6 aromatic carbocycles. The largest absolute Gasteiger partial charge is 0.309 e. The molecule has 3 aromatic heterocycles. The van der Waals surface area contributed by atoms with Crippen LogP contribution in [0, 0.1) is 0 Å². The van der Waals surface area contributed by atoms with E-state index in [1.807, 2.05) is 60.7 Å². The van der Waals surface area contributed by atoms with Crippen molar-refractivity contribution in [3.63, 3.8) is 0 Å². The van der Waals surface area contributed by atoms with Crippen LogP contribution in [0.15, 0.2) is 146 Å². The van der Waals surface area contributed by atoms with E-state index in [0.717, 1.165) is 50.3 Å². The number of hydrogen-bond donors (Lipinski definition) is 0. The van der Waals surface area contributed by atoms with Gasteiger partial charge in [0.05, 0.1) is 33.2 Å². The monoisotopic (exact) mass is 630 g/mol. The average Bonchev–Trinajstić information content (AvgIpc) is 3.77. The predicted octanol–water partition coefficient (Wildman–Crippen LogP) is 9.95. The second-order valence-corrected chi connectivity index (χ2v) is 13.2. The van der Waals surface area contributed by atoms with Crippen LogP contribution in [0.25, 0.3) is 78.4 Å². The molecule has 232 valence electrons. The maximum atomic E-state index is 5.12. The standard InChI is InChI=1S/C43H30N6/c1-43(2)33-26-37-32(25-38(33)49-36-23-12-10-21-34(36)44-42(43)49)31-20-9-11-22-35(31)48(37)30-19-13-18-29(24-30)41-46-39(27-14-5-3-6-15-27)45-40(47-41)28-16-7-4-8-17-28/h3-26H,1-2H3. The Bertz CT molecular complexity index is 2680. The topological polar surface area (TPSA) is 61.4 Å². The van der Waals surface area contributed by atoms with E-state index in [0.29, 0.717) is 17.5 Å². The van der Waals surface area contributed by atoms with Crippen molar-refractivity contribution in [3.8, 4) is 45.5 Å². The number of rotatable bonds is 4. The fraction of sp³-hybridized carbons (Fsp3) is 0.0698. The molecule has 9 aromatic rings. The molecule has 0 N–H and O–H groups in total. The molecular formula is C43H30N6. The smallest absolute Gasteiger partial charge is 0.164 e. The second kappa shape index (κ2) is 10.3. The summed E-state index contributed by atoms with van der Waals surface area (Å²) in [7, 11) is 0. The summed E-state index contributed by atoms with van der Waals surface area (Å²) < 4.78 is 4.73. The first-order valence-electron chi connectivity index (χ1n) is 16.6. The van der Waals surface area contributed by atoms with Gasteiger partial charge in [0.2, 0.25) is 0 Å². The molecular weight excluding hydrogens is 601 g/mol. The van der Waals surface area contributed by atoms with Crippen molar-refractivity contribution in [2.24, 2.45) is 0 Å². The van der Waals surface area contributed by atoms with Crippen LogP contribution in [0.3, 0.4) is 0 Å². The van der Waals surface area contributed by atoms with Crippen molar-refractivity contribution in [2.45, 2.75) is 19.3 Å². The molecule has 49 heavy (non-hydrogen) atoms. The van der Waals surface area contributed by atoms with Gasteiger partial charge in [-0.1, -0.05) is 103 Å². The van der Waals surface area contributed by atoms with E-state index in [2.05, 4.69) is 108 Å². The summed E-state index contributed by atoms with van der Waals surface area (Å²) >= 11 is 0. The van der Waals surface area contributed by atoms with Crippen molar-refractivity contribution in [2.75, 3.05) is 0 Å². The molecule has 0 spiro atoms. The lowest BCUT2D eigenvalue weighted by atomic mass is 9.85. The summed E-state index contributed by atoms with van der Waals surface area (Å²) in [5, 5.41) is 2.42. The van der Waals surface area contributed by atoms with Gasteiger partial charge < -0.3 is 4.57 Å². The van der Waals surface area contributed by atoms with Crippen molar-refractivity contribution < 1.29 is 0 Å². The lowest BCUT2D eigenvalue weighted by molar-refractivity contribution is 0.621. The molecule has 1 aliphatic heterocycles. The molecule has 0 aliphatic carbocycles. The van der Waals surface area contributed by atoms with Crippen LogP contribution in [0.4, 0.5) is 0 Å². The lowest BCUT2D eigenvalue weighted by Crippen LogP contribution is -2.16. The van der Waals surface area contributed by atoms with E-state index in [1.165, 1.54) is 22.0 Å². The van der Waals surface area contributed by atoms with Crippen LogP contribution in [-0.4, -0.2) is 29.1 Å². The summed E-state index contributed by atoms with van der Waals surface area (Å²) in [6.45, 7) is 4.57. The lowest BCUT2D eigenvalue weighted by Gasteiger charge is -2.18. The number of nitrogens with zero attached hydrogens (tertiary/aromatic N) is 6. The van der Waals surface area contributed by atoms with Crippen molar-refractivity contribution in [1.82, 2.24) is 29.1 Å². The zero-order valence-corrected chi connectivity index (χ0v) is 27.0. The average molecular weight is 631 g/mol. The van der Waals surface area contributed by atoms with Crippen molar-refractivity contribution in [3.05, 3.63) is 157 Å². The van der Waals surface area contributed by atoms with Gasteiger partial charge in [0.15, 0.2) is 17.5 Å². The molecule has 1 aliphatic rings. The van der Waals surface area contributed by atoms with Gasteiger partial charge in [-0.25, -0.2) is 19.9 Å². The number of imidazole rings is 1. The SMILES string of the molecule is CC1(C)c2cc3c(cc2-n2c1nc1ccccc12)c1ccccc1n3-c1cccc(-c2nc(-c3ccccc3)nc(-c3ccccc3)n2)c1. The molecule has 4 heterocycles. The first kappa shape index (κ1) is 27.7. The summed E-state index contributed by atoms with van der Waals surface area (Å²) in [6.07, 6.45) is 0. The molecule has 0 atom stereocenters.